The van der Waals surface area contributed by atoms with Crippen molar-refractivity contribution < 1.29 is 9.59 Å². The molecular formula is C19H19ClN2O2S. The quantitative estimate of drug-likeness (QED) is 0.691. The van der Waals surface area contributed by atoms with E-state index in [4.69, 9.17) is 11.6 Å². The number of para-hydroxylation sites is 1. The fourth-order valence-electron chi connectivity index (χ4n) is 3.00. The molecule has 0 bridgehead atoms. The summed E-state index contributed by atoms with van der Waals surface area (Å²) in [4.78, 5) is 26.2. The van der Waals surface area contributed by atoms with Crippen molar-refractivity contribution in [2.45, 2.75) is 27.2 Å². The van der Waals surface area contributed by atoms with Crippen LogP contribution in [0.4, 0.5) is 4.79 Å². The zero-order valence-electron chi connectivity index (χ0n) is 14.4. The van der Waals surface area contributed by atoms with Crippen LogP contribution in [0.15, 0.2) is 35.2 Å². The minimum Gasteiger partial charge on any atom is -0.316 e. The average molecular weight is 375 g/mol. The number of imide groups is 1. The maximum Gasteiger partial charge on any atom is 0.293 e. The molecule has 4 nitrogen and oxygen atoms in total. The SMILES string of the molecule is CCCN1C(=O)S/C(=C/c2cc(C)n(-c3ccccc3Cl)c2C)C1=O. The van der Waals surface area contributed by atoms with Gasteiger partial charge in [-0.25, -0.2) is 0 Å². The number of hydrogen-bond acceptors (Lipinski definition) is 3. The highest BCUT2D eigenvalue weighted by Gasteiger charge is 2.34. The predicted octanol–water partition coefficient (Wildman–Crippen LogP) is 5.19. The van der Waals surface area contributed by atoms with E-state index in [1.54, 1.807) is 6.08 Å². The minimum absolute atomic E-state index is 0.196. The molecule has 0 N–H and O–H groups in total. The first-order valence-electron chi connectivity index (χ1n) is 8.13. The molecule has 25 heavy (non-hydrogen) atoms. The van der Waals surface area contributed by atoms with E-state index in [1.165, 1.54) is 4.90 Å². The summed E-state index contributed by atoms with van der Waals surface area (Å²) >= 11 is 7.34. The number of hydrogen-bond donors (Lipinski definition) is 0. The summed E-state index contributed by atoms with van der Waals surface area (Å²) in [6.07, 6.45) is 2.56. The largest absolute Gasteiger partial charge is 0.316 e. The lowest BCUT2D eigenvalue weighted by Crippen LogP contribution is -2.28. The van der Waals surface area contributed by atoms with E-state index < -0.39 is 0 Å². The number of halogens is 1. The van der Waals surface area contributed by atoms with Gasteiger partial charge < -0.3 is 4.57 Å². The molecular weight excluding hydrogens is 356 g/mol. The van der Waals surface area contributed by atoms with Crippen molar-refractivity contribution in [1.82, 2.24) is 9.47 Å². The van der Waals surface area contributed by atoms with E-state index >= 15 is 0 Å². The molecule has 0 radical (unpaired) electrons. The first-order valence-corrected chi connectivity index (χ1v) is 9.32. The summed E-state index contributed by atoms with van der Waals surface area (Å²) in [7, 11) is 0. The van der Waals surface area contributed by atoms with Crippen molar-refractivity contribution in [3.8, 4) is 5.69 Å². The van der Waals surface area contributed by atoms with Crippen molar-refractivity contribution in [3.63, 3.8) is 0 Å². The Morgan fingerprint density at radius 3 is 2.60 bits per heavy atom. The highest BCUT2D eigenvalue weighted by atomic mass is 35.5. The Labute approximate surface area is 156 Å². The van der Waals surface area contributed by atoms with Gasteiger partial charge in [-0.2, -0.15) is 0 Å². The van der Waals surface area contributed by atoms with Crippen LogP contribution in [0.2, 0.25) is 5.02 Å². The molecule has 0 aliphatic carbocycles. The van der Waals surface area contributed by atoms with E-state index in [0.29, 0.717) is 16.5 Å². The summed E-state index contributed by atoms with van der Waals surface area (Å²) < 4.78 is 2.06. The summed E-state index contributed by atoms with van der Waals surface area (Å²) in [5.74, 6) is -0.209. The van der Waals surface area contributed by atoms with Gasteiger partial charge in [0.2, 0.25) is 0 Å². The van der Waals surface area contributed by atoms with Crippen LogP contribution in [0.3, 0.4) is 0 Å². The molecule has 3 rings (SSSR count). The number of benzene rings is 1. The van der Waals surface area contributed by atoms with Crippen molar-refractivity contribution in [2.24, 2.45) is 0 Å². The van der Waals surface area contributed by atoms with Gasteiger partial charge in [-0.15, -0.1) is 0 Å². The minimum atomic E-state index is -0.209. The summed E-state index contributed by atoms with van der Waals surface area (Å²) in [5.41, 5.74) is 3.81. The number of rotatable bonds is 4. The lowest BCUT2D eigenvalue weighted by Gasteiger charge is -2.11. The fraction of sp³-hybridized carbons (Fsp3) is 0.263. The van der Waals surface area contributed by atoms with Crippen LogP contribution in [0.1, 0.15) is 30.3 Å². The monoisotopic (exact) mass is 374 g/mol. The second kappa shape index (κ2) is 7.10. The third-order valence-corrected chi connectivity index (χ3v) is 5.40. The number of thioether (sulfide) groups is 1. The predicted molar refractivity (Wildman–Crippen MR) is 103 cm³/mol. The third kappa shape index (κ3) is 3.26. The fourth-order valence-corrected chi connectivity index (χ4v) is 4.07. The van der Waals surface area contributed by atoms with Crippen LogP contribution < -0.4 is 0 Å². The number of carbonyl (C=O) groups is 2. The topological polar surface area (TPSA) is 42.3 Å². The number of carbonyl (C=O) groups excluding carboxylic acids is 2. The van der Waals surface area contributed by atoms with Gasteiger partial charge in [-0.05, 0) is 61.9 Å². The standard InChI is InChI=1S/C19H19ClN2O2S/c1-4-9-21-18(23)17(25-19(21)24)11-14-10-12(2)22(13(14)3)16-8-6-5-7-15(16)20/h5-8,10-11H,4,9H2,1-3H3/b17-11+. The second-order valence-electron chi connectivity index (χ2n) is 5.95. The van der Waals surface area contributed by atoms with Crippen molar-refractivity contribution in [2.75, 3.05) is 6.54 Å². The second-order valence-corrected chi connectivity index (χ2v) is 7.35. The molecule has 6 heteroatoms. The Bertz CT molecular complexity index is 886. The molecule has 1 fully saturated rings. The normalized spacial score (nSPS) is 16.3. The number of amides is 2. The molecule has 130 valence electrons. The highest BCUT2D eigenvalue weighted by Crippen LogP contribution is 2.34. The maximum atomic E-state index is 12.4. The van der Waals surface area contributed by atoms with Crippen LogP contribution in [0, 0.1) is 13.8 Å². The van der Waals surface area contributed by atoms with Crippen LogP contribution in [-0.2, 0) is 4.79 Å². The summed E-state index contributed by atoms with van der Waals surface area (Å²) in [6.45, 7) is 6.39. The Morgan fingerprint density at radius 2 is 1.92 bits per heavy atom. The van der Waals surface area contributed by atoms with E-state index in [2.05, 4.69) is 4.57 Å². The zero-order chi connectivity index (χ0) is 18.1. The van der Waals surface area contributed by atoms with Gasteiger partial charge >= 0.3 is 0 Å². The number of aromatic nitrogens is 1. The lowest BCUT2D eigenvalue weighted by atomic mass is 10.2. The molecule has 2 aromatic rings. The van der Waals surface area contributed by atoms with E-state index in [0.717, 1.165) is 40.8 Å². The zero-order valence-corrected chi connectivity index (χ0v) is 15.9. The molecule has 0 atom stereocenters. The van der Waals surface area contributed by atoms with E-state index in [1.807, 2.05) is 51.1 Å². The molecule has 1 aliphatic heterocycles. The Balaban J connectivity index is 2.01. The van der Waals surface area contributed by atoms with Crippen molar-refractivity contribution >= 4 is 40.6 Å². The summed E-state index contributed by atoms with van der Waals surface area (Å²) in [6, 6.07) is 9.65. The Kier molecular flexibility index (Phi) is 5.06. The van der Waals surface area contributed by atoms with Crippen LogP contribution in [-0.4, -0.2) is 27.2 Å². The average Bonchev–Trinajstić information content (AvgIpc) is 2.99. The molecule has 1 saturated heterocycles. The van der Waals surface area contributed by atoms with Gasteiger partial charge in [0.05, 0.1) is 15.6 Å². The molecule has 1 aromatic carbocycles. The third-order valence-electron chi connectivity index (χ3n) is 4.17. The van der Waals surface area contributed by atoms with Crippen LogP contribution in [0.5, 0.6) is 0 Å². The molecule has 2 amide bonds. The maximum absolute atomic E-state index is 12.4. The summed E-state index contributed by atoms with van der Waals surface area (Å²) in [5, 5.41) is 0.470. The van der Waals surface area contributed by atoms with Gasteiger partial charge in [0, 0.05) is 17.9 Å². The van der Waals surface area contributed by atoms with Gasteiger partial charge in [0.15, 0.2) is 0 Å². The number of aryl methyl sites for hydroxylation is 1. The van der Waals surface area contributed by atoms with Crippen LogP contribution >= 0.6 is 23.4 Å². The molecule has 0 unspecified atom stereocenters. The van der Waals surface area contributed by atoms with Gasteiger partial charge in [0.1, 0.15) is 0 Å². The Hall–Kier alpha value is -1.98. The molecule has 2 heterocycles. The van der Waals surface area contributed by atoms with E-state index in [-0.39, 0.29) is 11.1 Å². The highest BCUT2D eigenvalue weighted by molar-refractivity contribution is 8.18. The van der Waals surface area contributed by atoms with Gasteiger partial charge in [0.25, 0.3) is 11.1 Å². The van der Waals surface area contributed by atoms with Crippen LogP contribution in [0.25, 0.3) is 11.8 Å². The molecule has 1 aliphatic rings. The van der Waals surface area contributed by atoms with Gasteiger partial charge in [-0.1, -0.05) is 30.7 Å². The first kappa shape index (κ1) is 17.8. The first-order chi connectivity index (χ1) is 11.9. The lowest BCUT2D eigenvalue weighted by molar-refractivity contribution is -0.122. The van der Waals surface area contributed by atoms with Gasteiger partial charge in [-0.3, -0.25) is 14.5 Å². The molecule has 0 saturated carbocycles. The molecule has 0 spiro atoms. The smallest absolute Gasteiger partial charge is 0.293 e. The van der Waals surface area contributed by atoms with Crippen molar-refractivity contribution in [3.05, 3.63) is 57.2 Å². The Morgan fingerprint density at radius 1 is 1.20 bits per heavy atom. The number of nitrogens with zero attached hydrogens (tertiary/aromatic N) is 2. The molecule has 1 aromatic heterocycles. The van der Waals surface area contributed by atoms with Crippen molar-refractivity contribution in [1.29, 1.82) is 0 Å². The van der Waals surface area contributed by atoms with E-state index in [9.17, 15) is 9.59 Å².